The summed E-state index contributed by atoms with van der Waals surface area (Å²) in [5, 5.41) is 21.9. The van der Waals surface area contributed by atoms with E-state index in [2.05, 4.69) is 15.5 Å². The summed E-state index contributed by atoms with van der Waals surface area (Å²) in [7, 11) is 0. The number of nitrogens with one attached hydrogen (secondary N) is 1. The Morgan fingerprint density at radius 3 is 2.57 bits per heavy atom. The Morgan fingerprint density at radius 2 is 1.95 bits per heavy atom. The van der Waals surface area contributed by atoms with Crippen molar-refractivity contribution in [1.29, 1.82) is 0 Å². The van der Waals surface area contributed by atoms with Gasteiger partial charge in [0.05, 0.1) is 11.8 Å². The van der Waals surface area contributed by atoms with Crippen LogP contribution in [-0.4, -0.2) is 33.3 Å². The van der Waals surface area contributed by atoms with Crippen LogP contribution in [0.15, 0.2) is 47.7 Å². The van der Waals surface area contributed by atoms with Crippen molar-refractivity contribution >= 4 is 18.1 Å². The molecule has 1 heterocycles. The molecule has 106 valence electrons. The third-order valence-corrected chi connectivity index (χ3v) is 2.55. The summed E-state index contributed by atoms with van der Waals surface area (Å²) in [6, 6.07) is 9.08. The van der Waals surface area contributed by atoms with Crippen molar-refractivity contribution in [2.24, 2.45) is 5.10 Å². The van der Waals surface area contributed by atoms with Crippen molar-refractivity contribution in [1.82, 2.24) is 10.4 Å². The number of carbonyl (C=O) groups excluding carboxylic acids is 1. The lowest BCUT2D eigenvalue weighted by molar-refractivity contribution is 0.0689. The van der Waals surface area contributed by atoms with Crippen molar-refractivity contribution in [2.45, 2.75) is 0 Å². The highest BCUT2D eigenvalue weighted by Crippen LogP contribution is 2.12. The lowest BCUT2D eigenvalue weighted by Gasteiger charge is -2.00. The van der Waals surface area contributed by atoms with Gasteiger partial charge in [0.2, 0.25) is 0 Å². The fourth-order valence-electron chi connectivity index (χ4n) is 1.48. The molecule has 2 aromatic rings. The molecule has 2 rings (SSSR count). The van der Waals surface area contributed by atoms with Crippen molar-refractivity contribution in [3.63, 3.8) is 0 Å². The van der Waals surface area contributed by atoms with Gasteiger partial charge in [0.15, 0.2) is 0 Å². The van der Waals surface area contributed by atoms with E-state index < -0.39 is 11.9 Å². The highest BCUT2D eigenvalue weighted by Gasteiger charge is 2.08. The van der Waals surface area contributed by atoms with Crippen molar-refractivity contribution in [3.05, 3.63) is 59.4 Å². The molecule has 0 aliphatic carbocycles. The van der Waals surface area contributed by atoms with E-state index in [0.29, 0.717) is 5.56 Å². The first kappa shape index (κ1) is 14.2. The van der Waals surface area contributed by atoms with Gasteiger partial charge in [-0.05, 0) is 24.3 Å². The van der Waals surface area contributed by atoms with Crippen LogP contribution in [-0.2, 0) is 0 Å². The molecule has 0 fully saturated rings. The van der Waals surface area contributed by atoms with E-state index in [9.17, 15) is 14.7 Å². The summed E-state index contributed by atoms with van der Waals surface area (Å²) >= 11 is 0. The van der Waals surface area contributed by atoms with Gasteiger partial charge in [-0.3, -0.25) is 4.79 Å². The van der Waals surface area contributed by atoms with E-state index in [-0.39, 0.29) is 17.0 Å². The number of aromatic carboxylic acids is 1. The Labute approximate surface area is 119 Å². The quantitative estimate of drug-likeness (QED) is 0.578. The highest BCUT2D eigenvalue weighted by atomic mass is 16.4. The zero-order chi connectivity index (χ0) is 15.2. The number of para-hydroxylation sites is 1. The van der Waals surface area contributed by atoms with Crippen LogP contribution in [0.4, 0.5) is 0 Å². The number of pyridine rings is 1. The van der Waals surface area contributed by atoms with Crippen LogP contribution in [0.5, 0.6) is 5.75 Å². The molecule has 3 N–H and O–H groups in total. The molecule has 21 heavy (non-hydrogen) atoms. The molecule has 7 nitrogen and oxygen atoms in total. The number of aromatic hydroxyl groups is 1. The summed E-state index contributed by atoms with van der Waals surface area (Å²) in [6.45, 7) is 0. The molecular formula is C14H11N3O4. The van der Waals surface area contributed by atoms with Gasteiger partial charge in [0, 0.05) is 11.8 Å². The second-order valence-corrected chi connectivity index (χ2v) is 4.00. The number of aromatic nitrogens is 1. The minimum absolute atomic E-state index is 0.0444. The number of hydrogen-bond donors (Lipinski definition) is 3. The van der Waals surface area contributed by atoms with Gasteiger partial charge in [-0.1, -0.05) is 12.1 Å². The first-order valence-electron chi connectivity index (χ1n) is 5.88. The molecule has 0 aliphatic heterocycles. The number of phenolic OH excluding ortho intramolecular Hbond substituents is 1. The minimum Gasteiger partial charge on any atom is -0.507 e. The number of phenols is 1. The van der Waals surface area contributed by atoms with Gasteiger partial charge in [-0.15, -0.1) is 0 Å². The first-order chi connectivity index (χ1) is 10.1. The van der Waals surface area contributed by atoms with E-state index >= 15 is 0 Å². The molecule has 0 bridgehead atoms. The number of carboxylic acids is 1. The Balaban J connectivity index is 2.02. The van der Waals surface area contributed by atoms with E-state index in [0.717, 1.165) is 6.20 Å². The van der Waals surface area contributed by atoms with Gasteiger partial charge in [-0.2, -0.15) is 5.10 Å². The Hall–Kier alpha value is -3.22. The molecular weight excluding hydrogens is 274 g/mol. The second-order valence-electron chi connectivity index (χ2n) is 4.00. The largest absolute Gasteiger partial charge is 0.507 e. The maximum absolute atomic E-state index is 11.7. The van der Waals surface area contributed by atoms with E-state index in [1.54, 1.807) is 18.2 Å². The number of carboxylic acid groups (broad SMARTS) is 1. The van der Waals surface area contributed by atoms with Crippen LogP contribution in [0.2, 0.25) is 0 Å². The molecule has 1 aromatic carbocycles. The van der Waals surface area contributed by atoms with Crippen LogP contribution < -0.4 is 5.43 Å². The summed E-state index contributed by atoms with van der Waals surface area (Å²) in [6.07, 6.45) is 2.45. The van der Waals surface area contributed by atoms with Crippen molar-refractivity contribution < 1.29 is 19.8 Å². The number of rotatable bonds is 4. The van der Waals surface area contributed by atoms with E-state index in [4.69, 9.17) is 5.11 Å². The first-order valence-corrected chi connectivity index (χ1v) is 5.88. The van der Waals surface area contributed by atoms with E-state index in [1.807, 2.05) is 0 Å². The normalized spacial score (nSPS) is 10.5. The summed E-state index contributed by atoms with van der Waals surface area (Å²) < 4.78 is 0. The topological polar surface area (TPSA) is 112 Å². The van der Waals surface area contributed by atoms with Gasteiger partial charge in [0.1, 0.15) is 11.4 Å². The average Bonchev–Trinajstić information content (AvgIpc) is 2.49. The van der Waals surface area contributed by atoms with Crippen LogP contribution in [0.3, 0.4) is 0 Å². The molecule has 7 heteroatoms. The van der Waals surface area contributed by atoms with Crippen LogP contribution in [0.1, 0.15) is 26.4 Å². The van der Waals surface area contributed by atoms with Crippen LogP contribution in [0.25, 0.3) is 0 Å². The Bertz CT molecular complexity index is 696. The standard InChI is InChI=1S/C14H11N3O4/c18-12-4-2-1-3-9(12)8-16-17-13(19)10-5-6-11(14(20)21)15-7-10/h1-8,18H,(H,17,19)(H,20,21)/b16-8+. The summed E-state index contributed by atoms with van der Waals surface area (Å²) in [4.78, 5) is 26.0. The molecule has 0 saturated carbocycles. The third kappa shape index (κ3) is 3.63. The maximum atomic E-state index is 11.7. The maximum Gasteiger partial charge on any atom is 0.354 e. The van der Waals surface area contributed by atoms with Crippen molar-refractivity contribution in [2.75, 3.05) is 0 Å². The average molecular weight is 285 g/mol. The number of hydrazone groups is 1. The Morgan fingerprint density at radius 1 is 1.19 bits per heavy atom. The highest BCUT2D eigenvalue weighted by molar-refractivity contribution is 5.95. The number of nitrogens with zero attached hydrogens (tertiary/aromatic N) is 2. The fourth-order valence-corrected chi connectivity index (χ4v) is 1.48. The number of amides is 1. The summed E-state index contributed by atoms with van der Waals surface area (Å²) in [5.74, 6) is -1.66. The molecule has 0 radical (unpaired) electrons. The molecule has 1 aromatic heterocycles. The molecule has 0 aliphatic rings. The van der Waals surface area contributed by atoms with Gasteiger partial charge >= 0.3 is 5.97 Å². The molecule has 0 saturated heterocycles. The molecule has 1 amide bonds. The predicted molar refractivity (Wildman–Crippen MR) is 74.4 cm³/mol. The molecule has 0 atom stereocenters. The SMILES string of the molecule is O=C(N/N=C/c1ccccc1O)c1ccc(C(=O)O)nc1. The van der Waals surface area contributed by atoms with Crippen molar-refractivity contribution in [3.8, 4) is 5.75 Å². The van der Waals surface area contributed by atoms with Crippen LogP contribution in [0, 0.1) is 0 Å². The predicted octanol–water partition coefficient (Wildman–Crippen LogP) is 1.25. The smallest absolute Gasteiger partial charge is 0.354 e. The third-order valence-electron chi connectivity index (χ3n) is 2.55. The second kappa shape index (κ2) is 6.29. The van der Waals surface area contributed by atoms with E-state index in [1.165, 1.54) is 24.4 Å². The Kier molecular flexibility index (Phi) is 4.25. The lowest BCUT2D eigenvalue weighted by Crippen LogP contribution is -2.18. The number of benzene rings is 1. The monoisotopic (exact) mass is 285 g/mol. The lowest BCUT2D eigenvalue weighted by atomic mass is 10.2. The van der Waals surface area contributed by atoms with Gasteiger partial charge < -0.3 is 10.2 Å². The zero-order valence-corrected chi connectivity index (χ0v) is 10.7. The minimum atomic E-state index is -1.17. The number of hydrogen-bond acceptors (Lipinski definition) is 5. The van der Waals surface area contributed by atoms with Gasteiger partial charge in [-0.25, -0.2) is 15.2 Å². The summed E-state index contributed by atoms with van der Waals surface area (Å²) in [5.41, 5.74) is 2.74. The fraction of sp³-hybridized carbons (Fsp3) is 0. The number of carbonyl (C=O) groups is 2. The van der Waals surface area contributed by atoms with Crippen LogP contribution >= 0.6 is 0 Å². The molecule has 0 spiro atoms. The van der Waals surface area contributed by atoms with Gasteiger partial charge in [0.25, 0.3) is 5.91 Å². The zero-order valence-electron chi connectivity index (χ0n) is 10.7. The molecule has 0 unspecified atom stereocenters.